The van der Waals surface area contributed by atoms with E-state index in [2.05, 4.69) is 5.32 Å². The van der Waals surface area contributed by atoms with Gasteiger partial charge in [-0.15, -0.1) is 0 Å². The fraction of sp³-hybridized carbons (Fsp3) is 0.875. The number of ether oxygens (including phenoxy) is 1. The summed E-state index contributed by atoms with van der Waals surface area (Å²) in [6.07, 6.45) is 1.11. The van der Waals surface area contributed by atoms with Crippen molar-refractivity contribution in [2.75, 3.05) is 13.2 Å². The summed E-state index contributed by atoms with van der Waals surface area (Å²) >= 11 is 0. The van der Waals surface area contributed by atoms with Gasteiger partial charge in [-0.2, -0.15) is 0 Å². The lowest BCUT2D eigenvalue weighted by Crippen LogP contribution is -2.31. The summed E-state index contributed by atoms with van der Waals surface area (Å²) in [4.78, 5) is 10.5. The van der Waals surface area contributed by atoms with E-state index in [0.717, 1.165) is 6.42 Å². The first-order valence-corrected chi connectivity index (χ1v) is 4.06. The zero-order valence-corrected chi connectivity index (χ0v) is 7.52. The van der Waals surface area contributed by atoms with Crippen LogP contribution in [0, 0.1) is 0 Å². The molecule has 1 amide bonds. The lowest BCUT2D eigenvalue weighted by atomic mass is 10.3. The third-order valence-electron chi connectivity index (χ3n) is 1.44. The van der Waals surface area contributed by atoms with Gasteiger partial charge in [0.2, 0.25) is 5.91 Å². The van der Waals surface area contributed by atoms with Crippen LogP contribution < -0.4 is 5.32 Å². The summed E-state index contributed by atoms with van der Waals surface area (Å²) in [5, 5.41) is 2.72. The third kappa shape index (κ3) is 5.85. The quantitative estimate of drug-likeness (QED) is 0.648. The van der Waals surface area contributed by atoms with Crippen molar-refractivity contribution in [3.8, 4) is 0 Å². The normalized spacial score (nSPS) is 12.6. The summed E-state index contributed by atoms with van der Waals surface area (Å²) < 4.78 is 5.33. The molecule has 0 aliphatic rings. The molecule has 0 fully saturated rings. The molecule has 1 atom stereocenters. The number of carbonyl (C=O) groups excluding carboxylic acids is 1. The lowest BCUT2D eigenvalue weighted by Gasteiger charge is -2.14. The Bertz CT molecular complexity index is 115. The molecule has 0 rings (SSSR count). The van der Waals surface area contributed by atoms with Crippen molar-refractivity contribution in [3.05, 3.63) is 0 Å². The van der Waals surface area contributed by atoms with Crippen molar-refractivity contribution in [1.29, 1.82) is 0 Å². The predicted octanol–water partition coefficient (Wildman–Crippen LogP) is 0.938. The molecule has 0 aromatic rings. The first-order chi connectivity index (χ1) is 5.20. The van der Waals surface area contributed by atoms with Crippen molar-refractivity contribution in [1.82, 2.24) is 5.32 Å². The average molecular weight is 159 g/mol. The van der Waals surface area contributed by atoms with Crippen LogP contribution in [0.5, 0.6) is 0 Å². The minimum Gasteiger partial charge on any atom is -0.377 e. The summed E-state index contributed by atoms with van der Waals surface area (Å²) in [5.41, 5.74) is 0. The molecule has 66 valence electrons. The van der Waals surface area contributed by atoms with Crippen LogP contribution in [-0.4, -0.2) is 25.2 Å². The molecular formula is C8H17NO2. The van der Waals surface area contributed by atoms with Gasteiger partial charge in [0.1, 0.15) is 0 Å². The van der Waals surface area contributed by atoms with Crippen LogP contribution >= 0.6 is 0 Å². The maximum atomic E-state index is 10.5. The summed E-state index contributed by atoms with van der Waals surface area (Å²) in [6, 6.07) is 0. The van der Waals surface area contributed by atoms with Crippen molar-refractivity contribution in [2.24, 2.45) is 0 Å². The number of amides is 1. The zero-order chi connectivity index (χ0) is 8.69. The van der Waals surface area contributed by atoms with Gasteiger partial charge in [0.05, 0.1) is 6.10 Å². The number of rotatable bonds is 5. The summed E-state index contributed by atoms with van der Waals surface area (Å²) in [5.74, 6) is 0.00292. The van der Waals surface area contributed by atoms with Gasteiger partial charge in [-0.3, -0.25) is 4.79 Å². The van der Waals surface area contributed by atoms with Crippen LogP contribution in [0.4, 0.5) is 0 Å². The van der Waals surface area contributed by atoms with Crippen molar-refractivity contribution >= 4 is 5.91 Å². The first-order valence-electron chi connectivity index (χ1n) is 4.06. The van der Waals surface area contributed by atoms with E-state index in [1.165, 1.54) is 6.92 Å². The molecule has 3 nitrogen and oxygen atoms in total. The van der Waals surface area contributed by atoms with Crippen molar-refractivity contribution in [2.45, 2.75) is 33.3 Å². The Morgan fingerprint density at radius 1 is 1.55 bits per heavy atom. The van der Waals surface area contributed by atoms with Gasteiger partial charge >= 0.3 is 0 Å². The third-order valence-corrected chi connectivity index (χ3v) is 1.44. The fourth-order valence-electron chi connectivity index (χ4n) is 0.814. The second-order valence-corrected chi connectivity index (χ2v) is 2.42. The minimum absolute atomic E-state index is 0.00292. The van der Waals surface area contributed by atoms with E-state index in [0.29, 0.717) is 13.2 Å². The maximum Gasteiger partial charge on any atom is 0.216 e. The average Bonchev–Trinajstić information content (AvgIpc) is 1.97. The highest BCUT2D eigenvalue weighted by molar-refractivity contribution is 5.72. The Kier molecular flexibility index (Phi) is 5.84. The van der Waals surface area contributed by atoms with Gasteiger partial charge in [0, 0.05) is 20.1 Å². The molecule has 1 unspecified atom stereocenters. The molecule has 0 aromatic carbocycles. The van der Waals surface area contributed by atoms with Crippen LogP contribution in [0.2, 0.25) is 0 Å². The van der Waals surface area contributed by atoms with Gasteiger partial charge in [-0.05, 0) is 13.3 Å². The molecule has 0 spiro atoms. The SMILES string of the molecule is CCOC(CC)CNC(C)=O. The molecule has 0 aliphatic heterocycles. The van der Waals surface area contributed by atoms with Crippen LogP contribution in [0.25, 0.3) is 0 Å². The second-order valence-electron chi connectivity index (χ2n) is 2.42. The van der Waals surface area contributed by atoms with Gasteiger partial charge in [0.15, 0.2) is 0 Å². The highest BCUT2D eigenvalue weighted by atomic mass is 16.5. The van der Waals surface area contributed by atoms with Crippen molar-refractivity contribution in [3.63, 3.8) is 0 Å². The smallest absolute Gasteiger partial charge is 0.216 e. The van der Waals surface area contributed by atoms with Crippen LogP contribution in [0.1, 0.15) is 27.2 Å². The van der Waals surface area contributed by atoms with E-state index in [1.807, 2.05) is 13.8 Å². The molecule has 1 N–H and O–H groups in total. The summed E-state index contributed by atoms with van der Waals surface area (Å²) in [7, 11) is 0. The van der Waals surface area contributed by atoms with Gasteiger partial charge in [-0.25, -0.2) is 0 Å². The molecule has 0 saturated heterocycles. The van der Waals surface area contributed by atoms with E-state index in [-0.39, 0.29) is 12.0 Å². The fourth-order valence-corrected chi connectivity index (χ4v) is 0.814. The Labute approximate surface area is 68.1 Å². The van der Waals surface area contributed by atoms with Gasteiger partial charge in [0.25, 0.3) is 0 Å². The number of hydrogen-bond acceptors (Lipinski definition) is 2. The van der Waals surface area contributed by atoms with Gasteiger partial charge in [-0.1, -0.05) is 6.92 Å². The predicted molar refractivity (Wildman–Crippen MR) is 44.4 cm³/mol. The molecule has 3 heteroatoms. The Hall–Kier alpha value is -0.570. The standard InChI is InChI=1S/C8H17NO2/c1-4-8(11-5-2)6-9-7(3)10/h8H,4-6H2,1-3H3,(H,9,10). The number of carbonyl (C=O) groups is 1. The van der Waals surface area contributed by atoms with Crippen LogP contribution in [0.15, 0.2) is 0 Å². The maximum absolute atomic E-state index is 10.5. The number of hydrogen-bond donors (Lipinski definition) is 1. The van der Waals surface area contributed by atoms with Gasteiger partial charge < -0.3 is 10.1 Å². The Morgan fingerprint density at radius 2 is 2.18 bits per heavy atom. The Balaban J connectivity index is 3.43. The molecule has 11 heavy (non-hydrogen) atoms. The largest absolute Gasteiger partial charge is 0.377 e. The Morgan fingerprint density at radius 3 is 2.55 bits per heavy atom. The van der Waals surface area contributed by atoms with E-state index in [1.54, 1.807) is 0 Å². The van der Waals surface area contributed by atoms with E-state index in [9.17, 15) is 4.79 Å². The monoisotopic (exact) mass is 159 g/mol. The topological polar surface area (TPSA) is 38.3 Å². The van der Waals surface area contributed by atoms with Crippen LogP contribution in [0.3, 0.4) is 0 Å². The lowest BCUT2D eigenvalue weighted by molar-refractivity contribution is -0.119. The zero-order valence-electron chi connectivity index (χ0n) is 7.52. The molecular weight excluding hydrogens is 142 g/mol. The van der Waals surface area contributed by atoms with E-state index >= 15 is 0 Å². The molecule has 0 bridgehead atoms. The van der Waals surface area contributed by atoms with Crippen LogP contribution in [-0.2, 0) is 9.53 Å². The highest BCUT2D eigenvalue weighted by Gasteiger charge is 2.04. The van der Waals surface area contributed by atoms with Crippen molar-refractivity contribution < 1.29 is 9.53 Å². The minimum atomic E-state index is 0.00292. The molecule has 0 heterocycles. The highest BCUT2D eigenvalue weighted by Crippen LogP contribution is 1.95. The molecule has 0 aromatic heterocycles. The summed E-state index contributed by atoms with van der Waals surface area (Å²) in [6.45, 7) is 6.84. The van der Waals surface area contributed by atoms with E-state index < -0.39 is 0 Å². The second kappa shape index (κ2) is 6.16. The molecule has 0 aliphatic carbocycles. The number of nitrogens with one attached hydrogen (secondary N) is 1. The molecule has 0 saturated carbocycles. The van der Waals surface area contributed by atoms with E-state index in [4.69, 9.17) is 4.74 Å². The molecule has 0 radical (unpaired) electrons. The first kappa shape index (κ1) is 10.4.